The van der Waals surface area contributed by atoms with Gasteiger partial charge in [-0.2, -0.15) is 18.2 Å². The van der Waals surface area contributed by atoms with Crippen LogP contribution in [0.15, 0.2) is 53.4 Å². The van der Waals surface area contributed by atoms with Gasteiger partial charge in [0.15, 0.2) is 0 Å². The normalized spacial score (nSPS) is 22.5. The second kappa shape index (κ2) is 13.0. The van der Waals surface area contributed by atoms with E-state index in [0.29, 0.717) is 24.1 Å². The van der Waals surface area contributed by atoms with E-state index in [4.69, 9.17) is 9.47 Å². The highest BCUT2D eigenvalue weighted by molar-refractivity contribution is 7.92. The number of nitrogens with one attached hydrogen (secondary N) is 2. The monoisotopic (exact) mass is 674 g/mol. The standard InChI is InChI=1S/C34H41F3N4O5S/c1-19(2)46-32(42)38-25-13-23(14-25)30-22-11-8-12-26(15-22)47(43,44)41-31-39-27(29-20(3)9-7-10-21(29)4)16-28(40-31)45-18-24(30)17-33(5,6)34(35,36)37/h7-12,15-16,19,23-25,30H,13-14,17-18H2,1-6H3,(H,38,42)(H,39,40,41)/t23?,24-,25?,30?/m1/s1. The summed E-state index contributed by atoms with van der Waals surface area (Å²) in [5.74, 6) is -1.57. The largest absolute Gasteiger partial charge is 0.477 e. The Morgan fingerprint density at radius 2 is 1.72 bits per heavy atom. The van der Waals surface area contributed by atoms with E-state index in [2.05, 4.69) is 20.0 Å². The summed E-state index contributed by atoms with van der Waals surface area (Å²) in [5.41, 5.74) is 1.48. The van der Waals surface area contributed by atoms with E-state index in [1.807, 2.05) is 32.0 Å². The molecule has 5 rings (SSSR count). The van der Waals surface area contributed by atoms with Crippen LogP contribution in [0, 0.1) is 31.1 Å². The predicted molar refractivity (Wildman–Crippen MR) is 172 cm³/mol. The molecule has 2 aromatic carbocycles. The maximum absolute atomic E-state index is 14.4. The van der Waals surface area contributed by atoms with Crippen molar-refractivity contribution in [3.63, 3.8) is 0 Å². The molecule has 2 heterocycles. The Bertz CT molecular complexity index is 1720. The zero-order valence-electron chi connectivity index (χ0n) is 27.3. The number of rotatable bonds is 6. The summed E-state index contributed by atoms with van der Waals surface area (Å²) in [5, 5.41) is 2.83. The van der Waals surface area contributed by atoms with Gasteiger partial charge in [0, 0.05) is 23.6 Å². The van der Waals surface area contributed by atoms with Gasteiger partial charge in [-0.1, -0.05) is 44.2 Å². The van der Waals surface area contributed by atoms with Crippen LogP contribution in [0.25, 0.3) is 11.3 Å². The third-order valence-electron chi connectivity index (χ3n) is 9.06. The number of sulfonamides is 1. The molecule has 1 aliphatic heterocycles. The van der Waals surface area contributed by atoms with Gasteiger partial charge in [0.2, 0.25) is 11.8 Å². The van der Waals surface area contributed by atoms with Crippen molar-refractivity contribution in [3.8, 4) is 17.1 Å². The topological polar surface area (TPSA) is 120 Å². The van der Waals surface area contributed by atoms with E-state index in [9.17, 15) is 26.4 Å². The number of hydrogen-bond donors (Lipinski definition) is 2. The molecule has 0 radical (unpaired) electrons. The summed E-state index contributed by atoms with van der Waals surface area (Å²) >= 11 is 0. The third kappa shape index (κ3) is 7.66. The lowest BCUT2D eigenvalue weighted by Crippen LogP contribution is -2.48. The number of anilines is 1. The molecule has 1 saturated carbocycles. The Labute approximate surface area is 273 Å². The van der Waals surface area contributed by atoms with Crippen molar-refractivity contribution < 1.29 is 35.9 Å². The SMILES string of the molecule is Cc1cccc(C)c1-c1cc2nc(n1)NS(=O)(=O)c1cccc(c1)C(C1CC(NC(=O)OC(C)C)C1)[C@H](CC(C)(C)C(F)(F)F)CO2. The fourth-order valence-electron chi connectivity index (χ4n) is 6.63. The molecule has 3 aromatic rings. The number of fused-ring (bicyclic) bond motifs is 4. The number of aromatic nitrogens is 2. The third-order valence-corrected chi connectivity index (χ3v) is 10.4. The number of carbonyl (C=O) groups excluding carboxylic acids is 1. The molecule has 2 N–H and O–H groups in total. The van der Waals surface area contributed by atoms with Crippen LogP contribution in [0.1, 0.15) is 69.6 Å². The van der Waals surface area contributed by atoms with Crippen molar-refractivity contribution in [2.75, 3.05) is 11.3 Å². The van der Waals surface area contributed by atoms with E-state index in [1.54, 1.807) is 32.0 Å². The molecular formula is C34H41F3N4O5S. The van der Waals surface area contributed by atoms with Crippen LogP contribution in [0.5, 0.6) is 5.88 Å². The highest BCUT2D eigenvalue weighted by Crippen LogP contribution is 2.51. The number of benzene rings is 2. The summed E-state index contributed by atoms with van der Waals surface area (Å²) in [6.45, 7) is 9.50. The lowest BCUT2D eigenvalue weighted by atomic mass is 9.63. The van der Waals surface area contributed by atoms with Gasteiger partial charge in [0.05, 0.1) is 28.7 Å². The zero-order chi connectivity index (χ0) is 34.3. The number of ether oxygens (including phenoxy) is 2. The van der Waals surface area contributed by atoms with Gasteiger partial charge in [-0.15, -0.1) is 0 Å². The van der Waals surface area contributed by atoms with Gasteiger partial charge >= 0.3 is 12.3 Å². The van der Waals surface area contributed by atoms with Crippen molar-refractivity contribution >= 4 is 22.1 Å². The van der Waals surface area contributed by atoms with Crippen molar-refractivity contribution in [1.29, 1.82) is 0 Å². The number of hydrogen-bond acceptors (Lipinski definition) is 7. The second-order valence-corrected chi connectivity index (χ2v) is 15.3. The first-order valence-electron chi connectivity index (χ1n) is 15.7. The molecular weight excluding hydrogens is 633 g/mol. The molecule has 1 fully saturated rings. The van der Waals surface area contributed by atoms with Crippen LogP contribution in [0.3, 0.4) is 0 Å². The number of alkyl carbamates (subject to hydrolysis) is 1. The fraction of sp³-hybridized carbons (Fsp3) is 0.500. The van der Waals surface area contributed by atoms with Gasteiger partial charge in [-0.3, -0.25) is 0 Å². The molecule has 0 spiro atoms. The Morgan fingerprint density at radius 3 is 2.36 bits per heavy atom. The minimum atomic E-state index is -4.50. The first kappa shape index (κ1) is 34.5. The Kier molecular flexibility index (Phi) is 9.51. The van der Waals surface area contributed by atoms with E-state index in [0.717, 1.165) is 16.7 Å². The van der Waals surface area contributed by atoms with Crippen LogP contribution in [-0.4, -0.2) is 49.4 Å². The molecule has 1 unspecified atom stereocenters. The van der Waals surface area contributed by atoms with E-state index in [-0.39, 0.29) is 47.8 Å². The molecule has 254 valence electrons. The lowest BCUT2D eigenvalue weighted by molar-refractivity contribution is -0.218. The molecule has 4 bridgehead atoms. The predicted octanol–water partition coefficient (Wildman–Crippen LogP) is 7.55. The molecule has 1 aliphatic carbocycles. The van der Waals surface area contributed by atoms with Crippen molar-refractivity contribution in [1.82, 2.24) is 15.3 Å². The maximum atomic E-state index is 14.4. The molecule has 1 aromatic heterocycles. The number of nitrogens with zero attached hydrogens (tertiary/aromatic N) is 2. The summed E-state index contributed by atoms with van der Waals surface area (Å²) in [4.78, 5) is 21.0. The van der Waals surface area contributed by atoms with Crippen LogP contribution >= 0.6 is 0 Å². The molecule has 0 saturated heterocycles. The summed E-state index contributed by atoms with van der Waals surface area (Å²) in [6, 6.07) is 13.3. The zero-order valence-corrected chi connectivity index (χ0v) is 28.1. The smallest absolute Gasteiger partial charge is 0.407 e. The number of aryl methyl sites for hydroxylation is 2. The summed E-state index contributed by atoms with van der Waals surface area (Å²) in [7, 11) is -4.20. The minimum Gasteiger partial charge on any atom is -0.477 e. The van der Waals surface area contributed by atoms with E-state index >= 15 is 0 Å². The summed E-state index contributed by atoms with van der Waals surface area (Å²) in [6.07, 6.45) is -4.70. The highest BCUT2D eigenvalue weighted by Gasteiger charge is 2.51. The summed E-state index contributed by atoms with van der Waals surface area (Å²) < 4.78 is 84.4. The lowest BCUT2D eigenvalue weighted by Gasteiger charge is -2.45. The maximum Gasteiger partial charge on any atom is 0.407 e. The van der Waals surface area contributed by atoms with Crippen LogP contribution in [-0.2, 0) is 14.8 Å². The molecule has 2 aliphatic rings. The van der Waals surface area contributed by atoms with Gasteiger partial charge in [-0.25, -0.2) is 22.9 Å². The van der Waals surface area contributed by atoms with Gasteiger partial charge in [0.25, 0.3) is 10.0 Å². The van der Waals surface area contributed by atoms with E-state index in [1.165, 1.54) is 26.0 Å². The van der Waals surface area contributed by atoms with Gasteiger partial charge < -0.3 is 14.8 Å². The highest BCUT2D eigenvalue weighted by atomic mass is 32.2. The fourth-order valence-corrected chi connectivity index (χ4v) is 7.63. The molecule has 47 heavy (non-hydrogen) atoms. The first-order valence-corrected chi connectivity index (χ1v) is 17.2. The van der Waals surface area contributed by atoms with Gasteiger partial charge in [0.1, 0.15) is 0 Å². The van der Waals surface area contributed by atoms with Gasteiger partial charge in [-0.05, 0) is 87.6 Å². The minimum absolute atomic E-state index is 0.0396. The molecule has 9 nitrogen and oxygen atoms in total. The first-order chi connectivity index (χ1) is 21.9. The molecule has 13 heteroatoms. The van der Waals surface area contributed by atoms with Crippen molar-refractivity contribution in [2.24, 2.45) is 17.3 Å². The average molecular weight is 675 g/mol. The average Bonchev–Trinajstić information content (AvgIpc) is 2.93. The molecule has 2 atom stereocenters. The number of halogens is 3. The Balaban J connectivity index is 1.59. The van der Waals surface area contributed by atoms with Crippen molar-refractivity contribution in [2.45, 2.75) is 89.9 Å². The Morgan fingerprint density at radius 1 is 1.06 bits per heavy atom. The van der Waals surface area contributed by atoms with Crippen LogP contribution in [0.4, 0.5) is 23.9 Å². The molecule has 1 amide bonds. The number of amides is 1. The second-order valence-electron chi connectivity index (χ2n) is 13.6. The van der Waals surface area contributed by atoms with E-state index < -0.39 is 39.5 Å². The van der Waals surface area contributed by atoms with Crippen molar-refractivity contribution in [3.05, 3.63) is 65.2 Å². The van der Waals surface area contributed by atoms with Crippen LogP contribution < -0.4 is 14.8 Å². The number of alkyl halides is 3. The quantitative estimate of drug-likeness (QED) is 0.277. The van der Waals surface area contributed by atoms with Crippen LogP contribution in [0.2, 0.25) is 0 Å². The Hall–Kier alpha value is -3.87. The number of carbonyl (C=O) groups is 1.